The minimum absolute atomic E-state index is 0.706. The Bertz CT molecular complexity index is 3550. The quantitative estimate of drug-likeness (QED) is 0.177. The Morgan fingerprint density at radius 3 is 1.83 bits per heavy atom. The van der Waals surface area contributed by atoms with E-state index in [0.717, 1.165) is 77.6 Å². The molecule has 0 N–H and O–H groups in total. The lowest BCUT2D eigenvalue weighted by molar-refractivity contribution is 0.669. The Hall–Kier alpha value is -7.82. The number of nitrogens with zero attached hydrogens (tertiary/aromatic N) is 3. The summed E-state index contributed by atoms with van der Waals surface area (Å²) in [6, 6.07) is 70.9. The zero-order chi connectivity index (χ0) is 38.2. The Balaban J connectivity index is 1.03. The van der Waals surface area contributed by atoms with Crippen molar-refractivity contribution in [2.24, 2.45) is 0 Å². The lowest BCUT2D eigenvalue weighted by atomic mass is 9.95. The normalized spacial score (nSPS) is 11.8. The van der Waals surface area contributed by atoms with Crippen LogP contribution in [0.5, 0.6) is 0 Å². The molecule has 12 rings (SSSR count). The van der Waals surface area contributed by atoms with Gasteiger partial charge in [-0.25, -0.2) is 9.97 Å². The summed E-state index contributed by atoms with van der Waals surface area (Å²) in [7, 11) is 0. The van der Waals surface area contributed by atoms with Crippen molar-refractivity contribution in [1.82, 2.24) is 14.5 Å². The third kappa shape index (κ3) is 5.16. The van der Waals surface area contributed by atoms with E-state index in [9.17, 15) is 0 Å². The van der Waals surface area contributed by atoms with Crippen molar-refractivity contribution in [2.45, 2.75) is 0 Å². The van der Waals surface area contributed by atoms with Crippen LogP contribution in [0.15, 0.2) is 205 Å². The first kappa shape index (κ1) is 32.4. The van der Waals surface area contributed by atoms with Crippen LogP contribution in [-0.2, 0) is 0 Å². The van der Waals surface area contributed by atoms with Crippen LogP contribution in [0, 0.1) is 0 Å². The molecule has 0 radical (unpaired) electrons. The summed E-state index contributed by atoms with van der Waals surface area (Å²) in [6.07, 6.45) is 0. The number of hydrogen-bond acceptors (Lipinski definition) is 3. The standard InChI is InChI=1S/C54H33N3O/c1-4-13-34(14-5-1)53-43-26-23-40(32-47(43)55-54(56-53)35-15-6-2-7-16-35)42-21-12-22-51-52(42)46-31-39(25-28-50(46)58-51)38-24-27-48-44(30-38)45-29-36-17-10-11-18-37(36)33-49(45)57(48)41-19-8-3-9-20-41/h1-33H. The minimum Gasteiger partial charge on any atom is -0.456 e. The second-order valence-corrected chi connectivity index (χ2v) is 15.0. The summed E-state index contributed by atoms with van der Waals surface area (Å²) in [5, 5.41) is 8.11. The summed E-state index contributed by atoms with van der Waals surface area (Å²) < 4.78 is 8.93. The van der Waals surface area contributed by atoms with Crippen LogP contribution in [-0.4, -0.2) is 14.5 Å². The number of benzene rings is 9. The number of aromatic nitrogens is 3. The summed E-state index contributed by atoms with van der Waals surface area (Å²) in [5.74, 6) is 0.706. The number of furan rings is 1. The predicted molar refractivity (Wildman–Crippen MR) is 240 cm³/mol. The average Bonchev–Trinajstić information content (AvgIpc) is 3.83. The van der Waals surface area contributed by atoms with Crippen LogP contribution in [0.4, 0.5) is 0 Å². The molecule has 0 spiro atoms. The highest BCUT2D eigenvalue weighted by Crippen LogP contribution is 2.42. The fraction of sp³-hybridized carbons (Fsp3) is 0. The van der Waals surface area contributed by atoms with Gasteiger partial charge in [0.2, 0.25) is 0 Å². The third-order valence-corrected chi connectivity index (χ3v) is 11.6. The second-order valence-electron chi connectivity index (χ2n) is 15.0. The highest BCUT2D eigenvalue weighted by atomic mass is 16.3. The van der Waals surface area contributed by atoms with Crippen LogP contribution < -0.4 is 0 Å². The zero-order valence-electron chi connectivity index (χ0n) is 31.3. The number of fused-ring (bicyclic) bond motifs is 8. The molecule has 12 aromatic rings. The van der Waals surface area contributed by atoms with Crippen molar-refractivity contribution in [3.05, 3.63) is 200 Å². The van der Waals surface area contributed by atoms with Crippen LogP contribution in [0.2, 0.25) is 0 Å². The topological polar surface area (TPSA) is 43.9 Å². The molecule has 3 heterocycles. The van der Waals surface area contributed by atoms with Gasteiger partial charge in [0.05, 0.1) is 22.2 Å². The van der Waals surface area contributed by atoms with Crippen LogP contribution >= 0.6 is 0 Å². The monoisotopic (exact) mass is 739 g/mol. The first-order valence-electron chi connectivity index (χ1n) is 19.6. The van der Waals surface area contributed by atoms with E-state index in [1.807, 2.05) is 24.3 Å². The van der Waals surface area contributed by atoms with Gasteiger partial charge in [-0.05, 0) is 99.8 Å². The van der Waals surface area contributed by atoms with E-state index < -0.39 is 0 Å². The fourth-order valence-corrected chi connectivity index (χ4v) is 8.82. The molecule has 0 saturated heterocycles. The van der Waals surface area contributed by atoms with Gasteiger partial charge < -0.3 is 8.98 Å². The molecule has 58 heavy (non-hydrogen) atoms. The van der Waals surface area contributed by atoms with Gasteiger partial charge in [-0.15, -0.1) is 0 Å². The summed E-state index contributed by atoms with van der Waals surface area (Å²) in [4.78, 5) is 10.3. The molecule has 270 valence electrons. The lowest BCUT2D eigenvalue weighted by Gasteiger charge is -2.11. The van der Waals surface area contributed by atoms with Crippen LogP contribution in [0.25, 0.3) is 116 Å². The molecule has 0 aliphatic heterocycles. The molecular formula is C54H33N3O. The van der Waals surface area contributed by atoms with Gasteiger partial charge in [-0.2, -0.15) is 0 Å². The molecule has 4 nitrogen and oxygen atoms in total. The van der Waals surface area contributed by atoms with Crippen LogP contribution in [0.3, 0.4) is 0 Å². The number of hydrogen-bond donors (Lipinski definition) is 0. The molecule has 0 aliphatic carbocycles. The largest absolute Gasteiger partial charge is 0.456 e. The van der Waals surface area contributed by atoms with Crippen LogP contribution in [0.1, 0.15) is 0 Å². The van der Waals surface area contributed by atoms with Gasteiger partial charge in [0.15, 0.2) is 5.82 Å². The molecule has 0 fully saturated rings. The van der Waals surface area contributed by atoms with Crippen molar-refractivity contribution >= 4 is 65.4 Å². The van der Waals surface area contributed by atoms with E-state index in [-0.39, 0.29) is 0 Å². The Labute approximate surface area is 333 Å². The van der Waals surface area contributed by atoms with Crippen molar-refractivity contribution in [3.8, 4) is 50.6 Å². The maximum Gasteiger partial charge on any atom is 0.160 e. The molecule has 3 aromatic heterocycles. The smallest absolute Gasteiger partial charge is 0.160 e. The highest BCUT2D eigenvalue weighted by Gasteiger charge is 2.18. The highest BCUT2D eigenvalue weighted by molar-refractivity contribution is 6.16. The summed E-state index contributed by atoms with van der Waals surface area (Å²) in [5.41, 5.74) is 13.6. The van der Waals surface area contributed by atoms with E-state index in [1.54, 1.807) is 0 Å². The molecule has 0 atom stereocenters. The van der Waals surface area contributed by atoms with E-state index in [4.69, 9.17) is 14.4 Å². The molecule has 0 saturated carbocycles. The van der Waals surface area contributed by atoms with Gasteiger partial charge >= 0.3 is 0 Å². The molecule has 0 aliphatic rings. The van der Waals surface area contributed by atoms with Crippen molar-refractivity contribution < 1.29 is 4.42 Å². The van der Waals surface area contributed by atoms with E-state index in [0.29, 0.717) is 5.82 Å². The Morgan fingerprint density at radius 2 is 1.03 bits per heavy atom. The van der Waals surface area contributed by atoms with Gasteiger partial charge in [0.1, 0.15) is 11.2 Å². The fourth-order valence-electron chi connectivity index (χ4n) is 8.82. The van der Waals surface area contributed by atoms with E-state index in [2.05, 4.69) is 180 Å². The molecule has 0 amide bonds. The maximum absolute atomic E-state index is 6.54. The van der Waals surface area contributed by atoms with Gasteiger partial charge in [0, 0.05) is 43.7 Å². The van der Waals surface area contributed by atoms with Gasteiger partial charge in [-0.3, -0.25) is 0 Å². The van der Waals surface area contributed by atoms with E-state index in [1.165, 1.54) is 32.6 Å². The average molecular weight is 740 g/mol. The first-order valence-corrected chi connectivity index (χ1v) is 19.6. The predicted octanol–water partition coefficient (Wildman–Crippen LogP) is 14.4. The van der Waals surface area contributed by atoms with E-state index >= 15 is 0 Å². The number of rotatable bonds is 5. The minimum atomic E-state index is 0.706. The Kier molecular flexibility index (Phi) is 7.20. The van der Waals surface area contributed by atoms with Crippen molar-refractivity contribution in [2.75, 3.05) is 0 Å². The molecular weight excluding hydrogens is 707 g/mol. The zero-order valence-corrected chi connectivity index (χ0v) is 31.3. The van der Waals surface area contributed by atoms with Gasteiger partial charge in [-0.1, -0.05) is 133 Å². The Morgan fingerprint density at radius 1 is 0.379 bits per heavy atom. The van der Waals surface area contributed by atoms with Gasteiger partial charge in [0.25, 0.3) is 0 Å². The third-order valence-electron chi connectivity index (χ3n) is 11.6. The first-order chi connectivity index (χ1) is 28.7. The molecule has 0 unspecified atom stereocenters. The number of para-hydroxylation sites is 1. The molecule has 9 aromatic carbocycles. The second kappa shape index (κ2) is 12.9. The molecule has 4 heteroatoms. The summed E-state index contributed by atoms with van der Waals surface area (Å²) in [6.45, 7) is 0. The molecule has 0 bridgehead atoms. The lowest BCUT2D eigenvalue weighted by Crippen LogP contribution is -1.95. The maximum atomic E-state index is 6.54. The van der Waals surface area contributed by atoms with Crippen molar-refractivity contribution in [3.63, 3.8) is 0 Å². The SMILES string of the molecule is c1ccc(-c2nc(-c3ccccc3)c3ccc(-c4cccc5oc6ccc(-c7ccc8c(c7)c7cc9ccccc9cc7n8-c7ccccc7)cc6c45)cc3n2)cc1. The van der Waals surface area contributed by atoms with Crippen molar-refractivity contribution in [1.29, 1.82) is 0 Å². The summed E-state index contributed by atoms with van der Waals surface area (Å²) >= 11 is 0.